The van der Waals surface area contributed by atoms with Crippen LogP contribution in [0.5, 0.6) is 0 Å². The Morgan fingerprint density at radius 3 is 0.868 bits per heavy atom. The molecule has 4 nitrogen and oxygen atoms in total. The van der Waals surface area contributed by atoms with Crippen LogP contribution in [0.2, 0.25) is 0 Å². The number of ether oxygens (including phenoxy) is 2. The van der Waals surface area contributed by atoms with Crippen LogP contribution in [-0.4, -0.2) is 25.2 Å². The van der Waals surface area contributed by atoms with E-state index in [9.17, 15) is 9.59 Å². The van der Waals surface area contributed by atoms with Gasteiger partial charge in [-0.2, -0.15) is 0 Å². The third-order valence-corrected chi connectivity index (χ3v) is 8.20. The fourth-order valence-corrected chi connectivity index (χ4v) is 5.23. The zero-order valence-corrected chi connectivity index (χ0v) is 26.2. The van der Waals surface area contributed by atoms with E-state index in [0.717, 1.165) is 25.7 Å². The SMILES string of the molecule is CCCCCCCCCCCCCCCOC(=O)C(CC)(CC)C(=O)OCCCCCCCCCCCC. The Bertz CT molecular complexity index is 527. The van der Waals surface area contributed by atoms with Gasteiger partial charge in [0.05, 0.1) is 13.2 Å². The molecule has 0 amide bonds. The van der Waals surface area contributed by atoms with Crippen molar-refractivity contribution >= 4 is 11.9 Å². The van der Waals surface area contributed by atoms with E-state index < -0.39 is 17.4 Å². The third kappa shape index (κ3) is 19.1. The molecule has 226 valence electrons. The number of unbranched alkanes of at least 4 members (excludes halogenated alkanes) is 21. The molecule has 0 aromatic carbocycles. The maximum absolute atomic E-state index is 12.9. The summed E-state index contributed by atoms with van der Waals surface area (Å²) in [4.78, 5) is 25.7. The number of hydrogen-bond donors (Lipinski definition) is 0. The van der Waals surface area contributed by atoms with Crippen LogP contribution in [0, 0.1) is 5.41 Å². The second kappa shape index (κ2) is 27.5. The van der Waals surface area contributed by atoms with Crippen LogP contribution < -0.4 is 0 Å². The zero-order valence-electron chi connectivity index (χ0n) is 26.2. The number of carbonyl (C=O) groups is 2. The summed E-state index contributed by atoms with van der Waals surface area (Å²) in [6.07, 6.45) is 30.0. The molecule has 0 fully saturated rings. The molecule has 38 heavy (non-hydrogen) atoms. The highest BCUT2D eigenvalue weighted by Crippen LogP contribution is 2.30. The highest BCUT2D eigenvalue weighted by molar-refractivity contribution is 5.99. The van der Waals surface area contributed by atoms with E-state index >= 15 is 0 Å². The topological polar surface area (TPSA) is 52.6 Å². The first-order valence-corrected chi connectivity index (χ1v) is 16.9. The molecule has 0 aromatic rings. The lowest BCUT2D eigenvalue weighted by Gasteiger charge is -2.27. The summed E-state index contributed by atoms with van der Waals surface area (Å²) in [5, 5.41) is 0. The lowest BCUT2D eigenvalue weighted by molar-refractivity contribution is -0.173. The molecule has 0 aliphatic rings. The molecule has 0 saturated heterocycles. The highest BCUT2D eigenvalue weighted by Gasteiger charge is 2.45. The van der Waals surface area contributed by atoms with Crippen LogP contribution in [0.25, 0.3) is 0 Å². The van der Waals surface area contributed by atoms with Gasteiger partial charge in [0.2, 0.25) is 0 Å². The summed E-state index contributed by atoms with van der Waals surface area (Å²) in [5.74, 6) is -0.789. The maximum Gasteiger partial charge on any atom is 0.323 e. The molecule has 0 N–H and O–H groups in total. The van der Waals surface area contributed by atoms with Crippen molar-refractivity contribution in [3.8, 4) is 0 Å². The van der Waals surface area contributed by atoms with Gasteiger partial charge < -0.3 is 9.47 Å². The van der Waals surface area contributed by atoms with Crippen molar-refractivity contribution in [3.05, 3.63) is 0 Å². The molecule has 4 heteroatoms. The van der Waals surface area contributed by atoms with Crippen LogP contribution in [-0.2, 0) is 19.1 Å². The molecule has 0 unspecified atom stereocenters. The number of carbonyl (C=O) groups excluding carboxylic acids is 2. The summed E-state index contributed by atoms with van der Waals surface area (Å²) in [6.45, 7) is 9.11. The van der Waals surface area contributed by atoms with E-state index in [1.807, 2.05) is 13.8 Å². The van der Waals surface area contributed by atoms with Crippen LogP contribution >= 0.6 is 0 Å². The van der Waals surface area contributed by atoms with Crippen molar-refractivity contribution < 1.29 is 19.1 Å². The monoisotopic (exact) mass is 538 g/mol. The second-order valence-electron chi connectivity index (χ2n) is 11.5. The molecule has 0 aliphatic carbocycles. The fourth-order valence-electron chi connectivity index (χ4n) is 5.23. The standard InChI is InChI=1S/C34H66O4/c1-5-9-11-13-15-17-19-20-21-23-25-27-29-31-38-33(36)34(7-3,8-4)32(35)37-30-28-26-24-22-18-16-14-12-10-6-2/h5-31H2,1-4H3. The molecular weight excluding hydrogens is 472 g/mol. The van der Waals surface area contributed by atoms with E-state index in [4.69, 9.17) is 9.47 Å². The lowest BCUT2D eigenvalue weighted by Crippen LogP contribution is -2.41. The van der Waals surface area contributed by atoms with E-state index in [1.165, 1.54) is 122 Å². The average Bonchev–Trinajstić information content (AvgIpc) is 2.92. The van der Waals surface area contributed by atoms with Crippen molar-refractivity contribution in [2.24, 2.45) is 5.41 Å². The summed E-state index contributed by atoms with van der Waals surface area (Å²) in [6, 6.07) is 0. The Morgan fingerprint density at radius 1 is 0.395 bits per heavy atom. The molecule has 0 atom stereocenters. The van der Waals surface area contributed by atoms with E-state index in [1.54, 1.807) is 0 Å². The molecule has 0 aromatic heterocycles. The number of esters is 2. The summed E-state index contributed by atoms with van der Waals surface area (Å²) >= 11 is 0. The van der Waals surface area contributed by atoms with Gasteiger partial charge in [-0.25, -0.2) is 0 Å². The average molecular weight is 539 g/mol. The van der Waals surface area contributed by atoms with Gasteiger partial charge in [-0.1, -0.05) is 163 Å². The van der Waals surface area contributed by atoms with Crippen molar-refractivity contribution in [1.82, 2.24) is 0 Å². The minimum atomic E-state index is -1.14. The van der Waals surface area contributed by atoms with Gasteiger partial charge >= 0.3 is 11.9 Å². The zero-order chi connectivity index (χ0) is 28.2. The molecule has 0 saturated carbocycles. The Morgan fingerprint density at radius 2 is 0.632 bits per heavy atom. The minimum Gasteiger partial charge on any atom is -0.465 e. The molecular formula is C34H66O4. The summed E-state index contributed by atoms with van der Waals surface area (Å²) in [7, 11) is 0. The first kappa shape index (κ1) is 36.9. The predicted molar refractivity (Wildman–Crippen MR) is 162 cm³/mol. The number of hydrogen-bond acceptors (Lipinski definition) is 4. The van der Waals surface area contributed by atoms with E-state index in [2.05, 4.69) is 13.8 Å². The highest BCUT2D eigenvalue weighted by atomic mass is 16.6. The molecule has 0 spiro atoms. The Kier molecular flexibility index (Phi) is 26.7. The van der Waals surface area contributed by atoms with Gasteiger partial charge in [0.1, 0.15) is 0 Å². The van der Waals surface area contributed by atoms with Crippen molar-refractivity contribution in [2.45, 2.75) is 188 Å². The van der Waals surface area contributed by atoms with Crippen molar-refractivity contribution in [1.29, 1.82) is 0 Å². The normalized spacial score (nSPS) is 11.6. The molecule has 0 rings (SSSR count). The van der Waals surface area contributed by atoms with Crippen LogP contribution in [0.3, 0.4) is 0 Å². The van der Waals surface area contributed by atoms with Crippen LogP contribution in [0.4, 0.5) is 0 Å². The quantitative estimate of drug-likeness (QED) is 0.0540. The van der Waals surface area contributed by atoms with Crippen LogP contribution in [0.1, 0.15) is 188 Å². The van der Waals surface area contributed by atoms with Gasteiger partial charge in [-0.3, -0.25) is 9.59 Å². The van der Waals surface area contributed by atoms with Gasteiger partial charge in [0.15, 0.2) is 5.41 Å². The van der Waals surface area contributed by atoms with Crippen LogP contribution in [0.15, 0.2) is 0 Å². The van der Waals surface area contributed by atoms with E-state index in [0.29, 0.717) is 26.1 Å². The van der Waals surface area contributed by atoms with Gasteiger partial charge in [-0.15, -0.1) is 0 Å². The Labute approximate surface area is 237 Å². The smallest absolute Gasteiger partial charge is 0.323 e. The van der Waals surface area contributed by atoms with Gasteiger partial charge in [0.25, 0.3) is 0 Å². The maximum atomic E-state index is 12.9. The largest absolute Gasteiger partial charge is 0.465 e. The number of rotatable bonds is 29. The molecule has 0 bridgehead atoms. The first-order valence-electron chi connectivity index (χ1n) is 16.9. The van der Waals surface area contributed by atoms with Crippen molar-refractivity contribution in [2.75, 3.05) is 13.2 Å². The minimum absolute atomic E-state index is 0.394. The fraction of sp³-hybridized carbons (Fsp3) is 0.941. The second-order valence-corrected chi connectivity index (χ2v) is 11.5. The summed E-state index contributed by atoms with van der Waals surface area (Å²) in [5.41, 5.74) is -1.14. The Hall–Kier alpha value is -1.06. The molecule has 0 aliphatic heterocycles. The molecule has 0 heterocycles. The van der Waals surface area contributed by atoms with E-state index in [-0.39, 0.29) is 0 Å². The lowest BCUT2D eigenvalue weighted by atomic mass is 9.82. The van der Waals surface area contributed by atoms with Gasteiger partial charge in [-0.05, 0) is 25.7 Å². The first-order chi connectivity index (χ1) is 18.6. The third-order valence-electron chi connectivity index (χ3n) is 8.20. The molecule has 0 radical (unpaired) electrons. The van der Waals surface area contributed by atoms with Gasteiger partial charge in [0, 0.05) is 0 Å². The van der Waals surface area contributed by atoms with Crippen molar-refractivity contribution in [3.63, 3.8) is 0 Å². The predicted octanol–water partition coefficient (Wildman–Crippen LogP) is 10.9. The Balaban J connectivity index is 3.88. The summed E-state index contributed by atoms with van der Waals surface area (Å²) < 4.78 is 11.1.